The second kappa shape index (κ2) is 6.41. The van der Waals surface area contributed by atoms with Gasteiger partial charge in [-0.25, -0.2) is 0 Å². The number of likely N-dealkylation sites (N-methyl/N-ethyl adjacent to an activating group) is 1. The van der Waals surface area contributed by atoms with E-state index in [1.807, 2.05) is 14.1 Å². The normalized spacial score (nSPS) is 30.6. The fraction of sp³-hybridized carbons (Fsp3) is 1.00. The highest BCUT2D eigenvalue weighted by Crippen LogP contribution is 2.40. The summed E-state index contributed by atoms with van der Waals surface area (Å²) in [5.74, 6) is 6.08. The van der Waals surface area contributed by atoms with Crippen molar-refractivity contribution in [2.45, 2.75) is 63.2 Å². The van der Waals surface area contributed by atoms with Crippen molar-refractivity contribution in [1.82, 2.24) is 10.3 Å². The molecule has 114 valence electrons. The summed E-state index contributed by atoms with van der Waals surface area (Å²) >= 11 is 0. The minimum Gasteiger partial charge on any atom is -0.302 e. The van der Waals surface area contributed by atoms with E-state index in [1.165, 1.54) is 0 Å². The first-order chi connectivity index (χ1) is 8.71. The lowest BCUT2D eigenvalue weighted by atomic mass is 9.70. The number of hydrogen-bond acceptors (Lipinski definition) is 3. The Labute approximate surface area is 113 Å². The van der Waals surface area contributed by atoms with Crippen molar-refractivity contribution in [3.63, 3.8) is 0 Å². The topological polar surface area (TPSA) is 41.3 Å². The number of rotatable bonds is 5. The van der Waals surface area contributed by atoms with Gasteiger partial charge < -0.3 is 4.90 Å². The molecule has 3 unspecified atom stereocenters. The monoisotopic (exact) mass is 281 g/mol. The van der Waals surface area contributed by atoms with E-state index in [1.54, 1.807) is 0 Å². The van der Waals surface area contributed by atoms with Gasteiger partial charge in [0.2, 0.25) is 0 Å². The molecule has 19 heavy (non-hydrogen) atoms. The molecule has 0 aromatic heterocycles. The lowest BCUT2D eigenvalue weighted by Gasteiger charge is -2.50. The molecule has 1 aliphatic rings. The van der Waals surface area contributed by atoms with Crippen LogP contribution in [0.15, 0.2) is 0 Å². The lowest BCUT2D eigenvalue weighted by Crippen LogP contribution is -2.62. The van der Waals surface area contributed by atoms with Gasteiger partial charge in [0.1, 0.15) is 0 Å². The Kier molecular flexibility index (Phi) is 5.65. The maximum Gasteiger partial charge on any atom is 0.389 e. The Hall–Kier alpha value is -0.330. The van der Waals surface area contributed by atoms with E-state index in [9.17, 15) is 13.2 Å². The van der Waals surface area contributed by atoms with Crippen molar-refractivity contribution in [3.05, 3.63) is 0 Å². The summed E-state index contributed by atoms with van der Waals surface area (Å²) in [7, 11) is 3.88. The van der Waals surface area contributed by atoms with Gasteiger partial charge in [0, 0.05) is 18.0 Å². The fourth-order valence-corrected chi connectivity index (χ4v) is 3.41. The number of nitrogens with zero attached hydrogens (tertiary/aromatic N) is 1. The van der Waals surface area contributed by atoms with E-state index in [0.29, 0.717) is 5.92 Å². The molecule has 1 fully saturated rings. The van der Waals surface area contributed by atoms with Crippen LogP contribution >= 0.6 is 0 Å². The first-order valence-corrected chi connectivity index (χ1v) is 6.91. The molecule has 0 radical (unpaired) electrons. The number of alkyl halides is 3. The molecule has 0 saturated heterocycles. The van der Waals surface area contributed by atoms with Crippen LogP contribution < -0.4 is 11.3 Å². The summed E-state index contributed by atoms with van der Waals surface area (Å²) in [4.78, 5) is 2.06. The number of hydrazine groups is 1. The molecule has 6 heteroatoms. The van der Waals surface area contributed by atoms with Crippen molar-refractivity contribution in [2.24, 2.45) is 11.8 Å². The van der Waals surface area contributed by atoms with Crippen molar-refractivity contribution < 1.29 is 13.2 Å². The van der Waals surface area contributed by atoms with Gasteiger partial charge in [-0.15, -0.1) is 0 Å². The Balaban J connectivity index is 2.82. The third kappa shape index (κ3) is 4.33. The first kappa shape index (κ1) is 16.7. The zero-order valence-corrected chi connectivity index (χ0v) is 12.1. The quantitative estimate of drug-likeness (QED) is 0.601. The largest absolute Gasteiger partial charge is 0.389 e. The number of nitrogens with two attached hydrogens (primary N) is 1. The lowest BCUT2D eigenvalue weighted by molar-refractivity contribution is -0.139. The minimum atomic E-state index is -4.12. The van der Waals surface area contributed by atoms with Crippen molar-refractivity contribution >= 4 is 0 Å². The molecule has 3 nitrogen and oxygen atoms in total. The van der Waals surface area contributed by atoms with Crippen LogP contribution in [-0.2, 0) is 0 Å². The zero-order chi connectivity index (χ0) is 14.7. The molecule has 1 saturated carbocycles. The van der Waals surface area contributed by atoms with Crippen molar-refractivity contribution in [1.29, 1.82) is 0 Å². The maximum atomic E-state index is 12.4. The van der Waals surface area contributed by atoms with E-state index in [4.69, 9.17) is 5.84 Å². The highest BCUT2D eigenvalue weighted by atomic mass is 19.4. The van der Waals surface area contributed by atoms with E-state index in [0.717, 1.165) is 25.7 Å². The standard InChI is InChI=1S/C13H26F3N3/c1-10-5-4-7-12(9-10,19(2)3)11(18-17)6-8-13(14,15)16/h10-11,18H,4-9,17H2,1-3H3. The van der Waals surface area contributed by atoms with Crippen LogP contribution in [0.5, 0.6) is 0 Å². The molecule has 0 aromatic rings. The summed E-state index contributed by atoms with van der Waals surface area (Å²) in [5, 5.41) is 0. The number of hydrogen-bond donors (Lipinski definition) is 2. The van der Waals surface area contributed by atoms with Gasteiger partial charge in [0.25, 0.3) is 0 Å². The van der Waals surface area contributed by atoms with E-state index in [2.05, 4.69) is 17.2 Å². The van der Waals surface area contributed by atoms with Crippen LogP contribution in [-0.4, -0.2) is 36.8 Å². The summed E-state index contributed by atoms with van der Waals surface area (Å²) in [6, 6.07) is -0.327. The van der Waals surface area contributed by atoms with Gasteiger partial charge in [-0.2, -0.15) is 13.2 Å². The molecule has 0 amide bonds. The average Bonchev–Trinajstić information content (AvgIpc) is 2.28. The summed E-state index contributed by atoms with van der Waals surface area (Å²) < 4.78 is 37.3. The van der Waals surface area contributed by atoms with Gasteiger partial charge in [-0.3, -0.25) is 11.3 Å². The number of nitrogens with one attached hydrogen (secondary N) is 1. The molecule has 0 aliphatic heterocycles. The molecule has 1 aliphatic carbocycles. The molecular weight excluding hydrogens is 255 g/mol. The third-order valence-corrected chi connectivity index (χ3v) is 4.47. The van der Waals surface area contributed by atoms with Gasteiger partial charge in [-0.05, 0) is 39.3 Å². The van der Waals surface area contributed by atoms with E-state index >= 15 is 0 Å². The van der Waals surface area contributed by atoms with Gasteiger partial charge in [0.05, 0.1) is 0 Å². The van der Waals surface area contributed by atoms with Crippen LogP contribution in [0.25, 0.3) is 0 Å². The fourth-order valence-electron chi connectivity index (χ4n) is 3.41. The van der Waals surface area contributed by atoms with Gasteiger partial charge in [0.15, 0.2) is 0 Å². The first-order valence-electron chi connectivity index (χ1n) is 6.91. The minimum absolute atomic E-state index is 0.0326. The Bertz CT molecular complexity index is 281. The van der Waals surface area contributed by atoms with E-state index in [-0.39, 0.29) is 18.0 Å². The summed E-state index contributed by atoms with van der Waals surface area (Å²) in [6.07, 6.45) is -0.890. The molecule has 0 aromatic carbocycles. The highest BCUT2D eigenvalue weighted by molar-refractivity contribution is 5.01. The SMILES string of the molecule is CC1CCCC(C(CCC(F)(F)F)NN)(N(C)C)C1. The number of halogens is 3. The van der Waals surface area contributed by atoms with Crippen LogP contribution in [0.3, 0.4) is 0 Å². The van der Waals surface area contributed by atoms with Crippen LogP contribution in [0.2, 0.25) is 0 Å². The van der Waals surface area contributed by atoms with Crippen LogP contribution in [0.1, 0.15) is 45.4 Å². The second-order valence-corrected chi connectivity index (χ2v) is 6.07. The van der Waals surface area contributed by atoms with Crippen molar-refractivity contribution in [2.75, 3.05) is 14.1 Å². The molecule has 0 bridgehead atoms. The molecular formula is C13H26F3N3. The molecule has 0 heterocycles. The Morgan fingerprint density at radius 1 is 1.42 bits per heavy atom. The second-order valence-electron chi connectivity index (χ2n) is 6.07. The molecule has 0 spiro atoms. The predicted molar refractivity (Wildman–Crippen MR) is 70.5 cm³/mol. The smallest absolute Gasteiger partial charge is 0.302 e. The van der Waals surface area contributed by atoms with E-state index < -0.39 is 12.6 Å². The molecule has 3 atom stereocenters. The van der Waals surface area contributed by atoms with Crippen molar-refractivity contribution in [3.8, 4) is 0 Å². The molecule has 3 N–H and O–H groups in total. The van der Waals surface area contributed by atoms with Crippen LogP contribution in [0.4, 0.5) is 13.2 Å². The third-order valence-electron chi connectivity index (χ3n) is 4.47. The van der Waals surface area contributed by atoms with Gasteiger partial charge >= 0.3 is 6.18 Å². The Morgan fingerprint density at radius 2 is 2.05 bits per heavy atom. The summed E-state index contributed by atoms with van der Waals surface area (Å²) in [5.41, 5.74) is 2.38. The predicted octanol–water partition coefficient (Wildman–Crippen LogP) is 2.67. The molecule has 1 rings (SSSR count). The van der Waals surface area contributed by atoms with Gasteiger partial charge in [-0.1, -0.05) is 19.8 Å². The Morgan fingerprint density at radius 3 is 2.47 bits per heavy atom. The maximum absolute atomic E-state index is 12.4. The summed E-state index contributed by atoms with van der Waals surface area (Å²) in [6.45, 7) is 2.16. The average molecular weight is 281 g/mol. The zero-order valence-electron chi connectivity index (χ0n) is 12.1. The van der Waals surface area contributed by atoms with Crippen LogP contribution in [0, 0.1) is 5.92 Å². The highest BCUT2D eigenvalue weighted by Gasteiger charge is 2.44.